The van der Waals surface area contributed by atoms with Crippen LogP contribution in [0.5, 0.6) is 0 Å². The third-order valence-corrected chi connectivity index (χ3v) is 6.33. The zero-order valence-corrected chi connectivity index (χ0v) is 18.0. The van der Waals surface area contributed by atoms with Crippen molar-refractivity contribution in [3.63, 3.8) is 0 Å². The molecule has 0 atom stereocenters. The summed E-state index contributed by atoms with van der Waals surface area (Å²) in [6.07, 6.45) is 5.61. The van der Waals surface area contributed by atoms with Gasteiger partial charge in [0.2, 0.25) is 11.8 Å². The molecule has 0 bridgehead atoms. The summed E-state index contributed by atoms with van der Waals surface area (Å²) >= 11 is 1.28. The number of carbonyl (C=O) groups excluding carboxylic acids is 2. The summed E-state index contributed by atoms with van der Waals surface area (Å²) in [5.74, 6) is -0.479. The summed E-state index contributed by atoms with van der Waals surface area (Å²) in [6, 6.07) is 13.5. The van der Waals surface area contributed by atoms with E-state index < -0.39 is 0 Å². The van der Waals surface area contributed by atoms with E-state index >= 15 is 0 Å². The molecule has 2 aromatic carbocycles. The zero-order valence-electron chi connectivity index (χ0n) is 17.1. The van der Waals surface area contributed by atoms with Gasteiger partial charge in [0.1, 0.15) is 12.4 Å². The number of para-hydroxylation sites is 2. The molecule has 2 N–H and O–H groups in total. The van der Waals surface area contributed by atoms with E-state index in [9.17, 15) is 14.0 Å². The first-order valence-corrected chi connectivity index (χ1v) is 11.5. The second-order valence-corrected chi connectivity index (χ2v) is 8.66. The van der Waals surface area contributed by atoms with Crippen LogP contribution in [0.25, 0.3) is 11.0 Å². The molecule has 4 rings (SSSR count). The monoisotopic (exact) mass is 440 g/mol. The number of aromatic nitrogens is 2. The molecule has 0 aliphatic heterocycles. The molecule has 6 nitrogen and oxygen atoms in total. The average molecular weight is 441 g/mol. The first-order chi connectivity index (χ1) is 15.1. The van der Waals surface area contributed by atoms with Gasteiger partial charge < -0.3 is 15.2 Å². The van der Waals surface area contributed by atoms with Gasteiger partial charge >= 0.3 is 0 Å². The zero-order chi connectivity index (χ0) is 21.6. The lowest BCUT2D eigenvalue weighted by Crippen LogP contribution is -2.38. The molecule has 1 heterocycles. The summed E-state index contributed by atoms with van der Waals surface area (Å²) in [4.78, 5) is 29.7. The highest BCUT2D eigenvalue weighted by Gasteiger charge is 2.19. The highest BCUT2D eigenvalue weighted by atomic mass is 32.2. The largest absolute Gasteiger partial charge is 0.352 e. The number of imidazole rings is 1. The summed E-state index contributed by atoms with van der Waals surface area (Å²) in [5.41, 5.74) is 2.18. The number of amides is 2. The Bertz CT molecular complexity index is 1060. The molecule has 1 saturated carbocycles. The third kappa shape index (κ3) is 5.64. The van der Waals surface area contributed by atoms with Crippen LogP contribution in [-0.4, -0.2) is 33.2 Å². The van der Waals surface area contributed by atoms with Crippen molar-refractivity contribution in [3.05, 3.63) is 54.3 Å². The lowest BCUT2D eigenvalue weighted by atomic mass is 9.95. The highest BCUT2D eigenvalue weighted by Crippen LogP contribution is 2.25. The van der Waals surface area contributed by atoms with Crippen LogP contribution in [0.15, 0.2) is 53.7 Å². The minimum absolute atomic E-state index is 0.0346. The Balaban J connectivity index is 1.43. The van der Waals surface area contributed by atoms with Gasteiger partial charge in [-0.15, -0.1) is 0 Å². The van der Waals surface area contributed by atoms with E-state index in [0.29, 0.717) is 10.8 Å². The number of fused-ring (bicyclic) bond motifs is 1. The van der Waals surface area contributed by atoms with Gasteiger partial charge in [0.05, 0.1) is 16.8 Å². The SMILES string of the molecule is O=C(CSc1nc2ccccc2n1CC(=O)NC1CCCCC1)Nc1ccc(F)cc1. The molecular weight excluding hydrogens is 415 g/mol. The fourth-order valence-corrected chi connectivity index (χ4v) is 4.65. The minimum Gasteiger partial charge on any atom is -0.352 e. The maximum atomic E-state index is 13.0. The van der Waals surface area contributed by atoms with Crippen molar-refractivity contribution in [3.8, 4) is 0 Å². The summed E-state index contributed by atoms with van der Waals surface area (Å²) < 4.78 is 14.9. The number of benzene rings is 2. The molecule has 3 aromatic rings. The van der Waals surface area contributed by atoms with Crippen LogP contribution in [0.4, 0.5) is 10.1 Å². The number of nitrogens with zero attached hydrogens (tertiary/aromatic N) is 2. The molecule has 31 heavy (non-hydrogen) atoms. The van der Waals surface area contributed by atoms with Gasteiger partial charge in [-0.2, -0.15) is 0 Å². The van der Waals surface area contributed by atoms with Crippen molar-refractivity contribution < 1.29 is 14.0 Å². The summed E-state index contributed by atoms with van der Waals surface area (Å²) in [5, 5.41) is 6.51. The van der Waals surface area contributed by atoms with Gasteiger partial charge in [0.15, 0.2) is 5.16 Å². The van der Waals surface area contributed by atoms with Crippen LogP contribution in [0.3, 0.4) is 0 Å². The molecule has 0 radical (unpaired) electrons. The molecule has 2 amide bonds. The second-order valence-electron chi connectivity index (χ2n) is 7.72. The van der Waals surface area contributed by atoms with Crippen LogP contribution >= 0.6 is 11.8 Å². The van der Waals surface area contributed by atoms with Crippen LogP contribution in [0.2, 0.25) is 0 Å². The predicted octanol–water partition coefficient (Wildman–Crippen LogP) is 4.36. The van der Waals surface area contributed by atoms with E-state index in [1.54, 1.807) is 0 Å². The van der Waals surface area contributed by atoms with Crippen molar-refractivity contribution >= 4 is 40.3 Å². The van der Waals surface area contributed by atoms with Gasteiger partial charge in [-0.05, 0) is 49.2 Å². The molecule has 1 aliphatic carbocycles. The fourth-order valence-electron chi connectivity index (χ4n) is 3.84. The van der Waals surface area contributed by atoms with Crippen molar-refractivity contribution in [2.45, 2.75) is 49.8 Å². The number of halogens is 1. The first kappa shape index (κ1) is 21.4. The molecule has 0 unspecified atom stereocenters. The number of nitrogens with one attached hydrogen (secondary N) is 2. The molecule has 1 aliphatic rings. The van der Waals surface area contributed by atoms with E-state index in [-0.39, 0.29) is 36.0 Å². The van der Waals surface area contributed by atoms with Gasteiger partial charge in [-0.3, -0.25) is 9.59 Å². The fraction of sp³-hybridized carbons (Fsp3) is 0.348. The van der Waals surface area contributed by atoms with E-state index in [1.165, 1.54) is 42.4 Å². The molecule has 0 saturated heterocycles. The Kier molecular flexibility index (Phi) is 6.86. The molecule has 8 heteroatoms. The number of hydrogen-bond acceptors (Lipinski definition) is 4. The Morgan fingerprint density at radius 3 is 2.55 bits per heavy atom. The van der Waals surface area contributed by atoms with Crippen LogP contribution in [0, 0.1) is 5.82 Å². The number of carbonyl (C=O) groups is 2. The summed E-state index contributed by atoms with van der Waals surface area (Å²) in [7, 11) is 0. The topological polar surface area (TPSA) is 76.0 Å². The van der Waals surface area contributed by atoms with Crippen LogP contribution < -0.4 is 10.6 Å². The van der Waals surface area contributed by atoms with Crippen molar-refractivity contribution in [2.24, 2.45) is 0 Å². The Morgan fingerprint density at radius 2 is 1.77 bits per heavy atom. The molecule has 1 aromatic heterocycles. The van der Waals surface area contributed by atoms with Crippen molar-refractivity contribution in [2.75, 3.05) is 11.1 Å². The number of rotatable bonds is 7. The van der Waals surface area contributed by atoms with Crippen LogP contribution in [-0.2, 0) is 16.1 Å². The van der Waals surface area contributed by atoms with Gasteiger partial charge in [0.25, 0.3) is 0 Å². The first-order valence-electron chi connectivity index (χ1n) is 10.5. The minimum atomic E-state index is -0.354. The Morgan fingerprint density at radius 1 is 1.03 bits per heavy atom. The number of anilines is 1. The average Bonchev–Trinajstić information content (AvgIpc) is 3.12. The molecule has 162 valence electrons. The maximum Gasteiger partial charge on any atom is 0.240 e. The van der Waals surface area contributed by atoms with Crippen molar-refractivity contribution in [1.29, 1.82) is 0 Å². The van der Waals surface area contributed by atoms with E-state index in [0.717, 1.165) is 36.7 Å². The van der Waals surface area contributed by atoms with Gasteiger partial charge in [-0.25, -0.2) is 9.37 Å². The van der Waals surface area contributed by atoms with E-state index in [4.69, 9.17) is 0 Å². The van der Waals surface area contributed by atoms with Gasteiger partial charge in [0, 0.05) is 11.7 Å². The Hall–Kier alpha value is -2.87. The summed E-state index contributed by atoms with van der Waals surface area (Å²) in [6.45, 7) is 0.166. The normalized spacial score (nSPS) is 14.5. The van der Waals surface area contributed by atoms with Crippen molar-refractivity contribution in [1.82, 2.24) is 14.9 Å². The predicted molar refractivity (Wildman–Crippen MR) is 121 cm³/mol. The van der Waals surface area contributed by atoms with Crippen LogP contribution in [0.1, 0.15) is 32.1 Å². The molecule has 0 spiro atoms. The quantitative estimate of drug-likeness (QED) is 0.536. The number of hydrogen-bond donors (Lipinski definition) is 2. The smallest absolute Gasteiger partial charge is 0.240 e. The molecular formula is C23H25FN4O2S. The number of thioether (sulfide) groups is 1. The van der Waals surface area contributed by atoms with E-state index in [1.807, 2.05) is 28.8 Å². The second kappa shape index (κ2) is 9.96. The Labute approximate surface area is 184 Å². The highest BCUT2D eigenvalue weighted by molar-refractivity contribution is 7.99. The lowest BCUT2D eigenvalue weighted by Gasteiger charge is -2.23. The maximum absolute atomic E-state index is 13.0. The van der Waals surface area contributed by atoms with E-state index in [2.05, 4.69) is 15.6 Å². The lowest BCUT2D eigenvalue weighted by molar-refractivity contribution is -0.122. The standard InChI is InChI=1S/C23H25FN4O2S/c24-16-10-12-18(13-11-16)26-22(30)15-31-23-27-19-8-4-5-9-20(19)28(23)14-21(29)25-17-6-2-1-3-7-17/h4-5,8-13,17H,1-3,6-7,14-15H2,(H,25,29)(H,26,30). The third-order valence-electron chi connectivity index (χ3n) is 5.35. The van der Waals surface area contributed by atoms with Gasteiger partial charge in [-0.1, -0.05) is 43.2 Å². The molecule has 1 fully saturated rings.